The number of benzene rings is 1. The van der Waals surface area contributed by atoms with E-state index in [1.165, 1.54) is 16.7 Å². The summed E-state index contributed by atoms with van der Waals surface area (Å²) in [7, 11) is 0. The summed E-state index contributed by atoms with van der Waals surface area (Å²) in [6.07, 6.45) is 1.16. The highest BCUT2D eigenvalue weighted by molar-refractivity contribution is 5.65. The maximum Gasteiger partial charge on any atom is -0.0193 e. The van der Waals surface area contributed by atoms with Gasteiger partial charge in [0.2, 0.25) is 0 Å². The van der Waals surface area contributed by atoms with Crippen molar-refractivity contribution in [2.45, 2.75) is 27.2 Å². The lowest BCUT2D eigenvalue weighted by molar-refractivity contribution is 0.719. The van der Waals surface area contributed by atoms with Crippen molar-refractivity contribution in [3.8, 4) is 0 Å². The molecule has 0 spiro atoms. The fraction of sp³-hybridized carbons (Fsp3) is 0.385. The topological polar surface area (TPSA) is 0 Å². The van der Waals surface area contributed by atoms with Gasteiger partial charge in [0, 0.05) is 0 Å². The average molecular weight is 174 g/mol. The van der Waals surface area contributed by atoms with Crippen molar-refractivity contribution in [1.82, 2.24) is 0 Å². The SMILES string of the molecule is C=C(c1ccc(C)cc1)C(C)CC. The van der Waals surface area contributed by atoms with Crippen molar-refractivity contribution >= 4 is 5.57 Å². The Labute approximate surface area is 81.3 Å². The molecule has 1 aromatic carbocycles. The van der Waals surface area contributed by atoms with E-state index in [0.29, 0.717) is 5.92 Å². The number of hydrogen-bond acceptors (Lipinski definition) is 0. The van der Waals surface area contributed by atoms with Gasteiger partial charge in [-0.1, -0.05) is 50.3 Å². The fourth-order valence-electron chi connectivity index (χ4n) is 1.30. The molecular weight excluding hydrogens is 156 g/mol. The molecule has 0 saturated heterocycles. The molecule has 0 nitrogen and oxygen atoms in total. The van der Waals surface area contributed by atoms with E-state index in [2.05, 4.69) is 51.6 Å². The van der Waals surface area contributed by atoms with E-state index in [9.17, 15) is 0 Å². The summed E-state index contributed by atoms with van der Waals surface area (Å²) >= 11 is 0. The van der Waals surface area contributed by atoms with Crippen molar-refractivity contribution < 1.29 is 0 Å². The molecule has 0 fully saturated rings. The van der Waals surface area contributed by atoms with Crippen LogP contribution in [0.25, 0.3) is 5.57 Å². The van der Waals surface area contributed by atoms with Crippen LogP contribution in [0.4, 0.5) is 0 Å². The van der Waals surface area contributed by atoms with Gasteiger partial charge in [-0.3, -0.25) is 0 Å². The molecule has 0 amide bonds. The summed E-state index contributed by atoms with van der Waals surface area (Å²) in [6.45, 7) is 10.7. The Morgan fingerprint density at radius 1 is 1.31 bits per heavy atom. The Morgan fingerprint density at radius 2 is 1.85 bits per heavy atom. The van der Waals surface area contributed by atoms with E-state index in [0.717, 1.165) is 6.42 Å². The maximum atomic E-state index is 4.13. The minimum absolute atomic E-state index is 0.586. The van der Waals surface area contributed by atoms with E-state index in [1.807, 2.05) is 0 Å². The number of hydrogen-bond donors (Lipinski definition) is 0. The Balaban J connectivity index is 2.83. The minimum Gasteiger partial charge on any atom is -0.0950 e. The third-order valence-corrected chi connectivity index (χ3v) is 2.63. The number of aryl methyl sites for hydroxylation is 1. The van der Waals surface area contributed by atoms with Gasteiger partial charge in [-0.2, -0.15) is 0 Å². The first-order valence-corrected chi connectivity index (χ1v) is 4.91. The molecular formula is C13H18. The molecule has 0 aliphatic carbocycles. The van der Waals surface area contributed by atoms with Crippen molar-refractivity contribution in [3.63, 3.8) is 0 Å². The molecule has 0 N–H and O–H groups in total. The lowest BCUT2D eigenvalue weighted by Crippen LogP contribution is -1.95. The van der Waals surface area contributed by atoms with Crippen LogP contribution in [0.5, 0.6) is 0 Å². The van der Waals surface area contributed by atoms with Gasteiger partial charge >= 0.3 is 0 Å². The molecule has 1 unspecified atom stereocenters. The summed E-state index contributed by atoms with van der Waals surface area (Å²) in [5.74, 6) is 0.586. The maximum absolute atomic E-state index is 4.13. The second kappa shape index (κ2) is 4.27. The smallest absolute Gasteiger partial charge is 0.0193 e. The Morgan fingerprint density at radius 3 is 2.31 bits per heavy atom. The van der Waals surface area contributed by atoms with Crippen molar-refractivity contribution in [3.05, 3.63) is 42.0 Å². The van der Waals surface area contributed by atoms with E-state index in [-0.39, 0.29) is 0 Å². The van der Waals surface area contributed by atoms with Gasteiger partial charge in [0.15, 0.2) is 0 Å². The highest BCUT2D eigenvalue weighted by Crippen LogP contribution is 2.23. The van der Waals surface area contributed by atoms with Gasteiger partial charge in [-0.05, 0) is 30.4 Å². The first kappa shape index (κ1) is 10.0. The van der Waals surface area contributed by atoms with Gasteiger partial charge < -0.3 is 0 Å². The monoisotopic (exact) mass is 174 g/mol. The normalized spacial score (nSPS) is 12.5. The zero-order chi connectivity index (χ0) is 9.84. The third-order valence-electron chi connectivity index (χ3n) is 2.63. The molecule has 13 heavy (non-hydrogen) atoms. The zero-order valence-corrected chi connectivity index (χ0v) is 8.80. The van der Waals surface area contributed by atoms with Crippen LogP contribution in [0.1, 0.15) is 31.4 Å². The molecule has 0 heterocycles. The summed E-state index contributed by atoms with van der Waals surface area (Å²) in [6, 6.07) is 8.60. The fourth-order valence-corrected chi connectivity index (χ4v) is 1.30. The number of allylic oxidation sites excluding steroid dienone is 1. The van der Waals surface area contributed by atoms with Gasteiger partial charge in [0.05, 0.1) is 0 Å². The molecule has 0 radical (unpaired) electrons. The quantitative estimate of drug-likeness (QED) is 0.648. The van der Waals surface area contributed by atoms with E-state index >= 15 is 0 Å². The molecule has 0 aliphatic heterocycles. The molecule has 1 rings (SSSR count). The van der Waals surface area contributed by atoms with Crippen molar-refractivity contribution in [2.24, 2.45) is 5.92 Å². The summed E-state index contributed by atoms with van der Waals surface area (Å²) in [5, 5.41) is 0. The van der Waals surface area contributed by atoms with Gasteiger partial charge in [0.25, 0.3) is 0 Å². The second-order valence-electron chi connectivity index (χ2n) is 3.70. The zero-order valence-electron chi connectivity index (χ0n) is 8.80. The molecule has 0 heteroatoms. The lowest BCUT2D eigenvalue weighted by atomic mass is 9.93. The molecule has 0 saturated carbocycles. The van der Waals surface area contributed by atoms with Crippen LogP contribution in [0.15, 0.2) is 30.8 Å². The standard InChI is InChI=1S/C13H18/c1-5-11(3)12(4)13-8-6-10(2)7-9-13/h6-9,11H,4-5H2,1-3H3. The van der Waals surface area contributed by atoms with E-state index < -0.39 is 0 Å². The Hall–Kier alpha value is -1.04. The summed E-state index contributed by atoms with van der Waals surface area (Å²) in [4.78, 5) is 0. The van der Waals surface area contributed by atoms with Crippen LogP contribution in [-0.2, 0) is 0 Å². The lowest BCUT2D eigenvalue weighted by Gasteiger charge is -2.12. The van der Waals surface area contributed by atoms with Gasteiger partial charge in [0.1, 0.15) is 0 Å². The molecule has 1 aromatic rings. The van der Waals surface area contributed by atoms with Crippen LogP contribution in [0, 0.1) is 12.8 Å². The summed E-state index contributed by atoms with van der Waals surface area (Å²) in [5.41, 5.74) is 3.84. The molecule has 0 aromatic heterocycles. The molecule has 70 valence electrons. The van der Waals surface area contributed by atoms with E-state index in [4.69, 9.17) is 0 Å². The van der Waals surface area contributed by atoms with Crippen LogP contribution < -0.4 is 0 Å². The Kier molecular flexibility index (Phi) is 3.30. The molecule has 1 atom stereocenters. The van der Waals surface area contributed by atoms with Crippen molar-refractivity contribution in [1.29, 1.82) is 0 Å². The predicted molar refractivity (Wildman–Crippen MR) is 59.7 cm³/mol. The van der Waals surface area contributed by atoms with Crippen LogP contribution in [0.3, 0.4) is 0 Å². The first-order chi connectivity index (χ1) is 6.15. The van der Waals surface area contributed by atoms with E-state index in [1.54, 1.807) is 0 Å². The van der Waals surface area contributed by atoms with Crippen LogP contribution in [0.2, 0.25) is 0 Å². The van der Waals surface area contributed by atoms with Crippen LogP contribution in [-0.4, -0.2) is 0 Å². The Bertz CT molecular complexity index is 279. The first-order valence-electron chi connectivity index (χ1n) is 4.91. The van der Waals surface area contributed by atoms with Crippen LogP contribution >= 0.6 is 0 Å². The summed E-state index contributed by atoms with van der Waals surface area (Å²) < 4.78 is 0. The van der Waals surface area contributed by atoms with Gasteiger partial charge in [-0.25, -0.2) is 0 Å². The molecule has 0 aliphatic rings. The highest BCUT2D eigenvalue weighted by Gasteiger charge is 2.05. The predicted octanol–water partition coefficient (Wildman–Crippen LogP) is 4.05. The number of rotatable bonds is 3. The minimum atomic E-state index is 0.586. The third kappa shape index (κ3) is 2.45. The highest BCUT2D eigenvalue weighted by atomic mass is 14.1. The average Bonchev–Trinajstić information content (AvgIpc) is 2.17. The van der Waals surface area contributed by atoms with Gasteiger partial charge in [-0.15, -0.1) is 0 Å². The van der Waals surface area contributed by atoms with Crippen molar-refractivity contribution in [2.75, 3.05) is 0 Å². The molecule has 0 bridgehead atoms. The largest absolute Gasteiger partial charge is 0.0950 e. The second-order valence-corrected chi connectivity index (χ2v) is 3.70.